The number of likely N-dealkylation sites (tertiary alicyclic amines) is 1. The van der Waals surface area contributed by atoms with Crippen LogP contribution in [0.2, 0.25) is 0 Å². The van der Waals surface area contributed by atoms with E-state index in [0.29, 0.717) is 5.92 Å². The molecule has 3 nitrogen and oxygen atoms in total. The number of benzene rings is 1. The topological polar surface area (TPSA) is 29.0 Å². The maximum Gasteiger partial charge on any atom is 0.0701 e. The molecule has 1 fully saturated rings. The van der Waals surface area contributed by atoms with Gasteiger partial charge in [0.15, 0.2) is 0 Å². The molecule has 25 heavy (non-hydrogen) atoms. The van der Waals surface area contributed by atoms with Crippen LogP contribution in [0.3, 0.4) is 0 Å². The fourth-order valence-corrected chi connectivity index (χ4v) is 3.60. The molecule has 0 atom stereocenters. The van der Waals surface area contributed by atoms with E-state index in [1.165, 1.54) is 29.7 Å². The van der Waals surface area contributed by atoms with Crippen LogP contribution >= 0.6 is 0 Å². The van der Waals surface area contributed by atoms with Crippen molar-refractivity contribution in [3.8, 4) is 11.3 Å². The second-order valence-corrected chi connectivity index (χ2v) is 6.71. The van der Waals surface area contributed by atoms with E-state index in [2.05, 4.69) is 57.3 Å². The van der Waals surface area contributed by atoms with Crippen molar-refractivity contribution in [2.24, 2.45) is 0 Å². The van der Waals surface area contributed by atoms with E-state index in [4.69, 9.17) is 0 Å². The number of piperidine rings is 1. The molecule has 0 unspecified atom stereocenters. The van der Waals surface area contributed by atoms with E-state index in [9.17, 15) is 0 Å². The highest BCUT2D eigenvalue weighted by molar-refractivity contribution is 5.59. The van der Waals surface area contributed by atoms with Gasteiger partial charge in [-0.3, -0.25) is 14.9 Å². The molecule has 0 radical (unpaired) electrons. The van der Waals surface area contributed by atoms with Crippen LogP contribution in [0.5, 0.6) is 0 Å². The molecule has 126 valence electrons. The number of hydrogen-bond acceptors (Lipinski definition) is 3. The summed E-state index contributed by atoms with van der Waals surface area (Å²) in [6.45, 7) is 3.25. The minimum absolute atomic E-state index is 0.665. The Morgan fingerprint density at radius 2 is 1.52 bits per heavy atom. The number of pyridine rings is 2. The summed E-state index contributed by atoms with van der Waals surface area (Å²) in [6.07, 6.45) is 6.16. The fourth-order valence-electron chi connectivity index (χ4n) is 3.60. The van der Waals surface area contributed by atoms with Gasteiger partial charge >= 0.3 is 0 Å². The van der Waals surface area contributed by atoms with Gasteiger partial charge in [-0.25, -0.2) is 0 Å². The highest BCUT2D eigenvalue weighted by Crippen LogP contribution is 2.30. The average molecular weight is 329 g/mol. The molecule has 1 aromatic carbocycles. The van der Waals surface area contributed by atoms with Crippen molar-refractivity contribution in [1.29, 1.82) is 0 Å². The molecule has 3 aromatic rings. The monoisotopic (exact) mass is 329 g/mol. The highest BCUT2D eigenvalue weighted by atomic mass is 15.1. The largest absolute Gasteiger partial charge is 0.297 e. The van der Waals surface area contributed by atoms with E-state index in [1.807, 2.05) is 30.6 Å². The van der Waals surface area contributed by atoms with Gasteiger partial charge in [-0.2, -0.15) is 0 Å². The van der Waals surface area contributed by atoms with Crippen LogP contribution in [0.25, 0.3) is 11.3 Å². The summed E-state index contributed by atoms with van der Waals surface area (Å²) in [4.78, 5) is 11.4. The third-order valence-corrected chi connectivity index (χ3v) is 5.04. The molecule has 3 heterocycles. The molecule has 1 aliphatic heterocycles. The zero-order valence-corrected chi connectivity index (χ0v) is 14.4. The SMILES string of the molecule is c1ccc(CN2CCC(c3ccc(-c4ccccn4)cc3)CC2)nc1. The van der Waals surface area contributed by atoms with Crippen molar-refractivity contribution in [2.45, 2.75) is 25.3 Å². The normalized spacial score (nSPS) is 16.0. The molecule has 0 spiro atoms. The summed E-state index contributed by atoms with van der Waals surface area (Å²) < 4.78 is 0. The van der Waals surface area contributed by atoms with Gasteiger partial charge in [0.05, 0.1) is 11.4 Å². The summed E-state index contributed by atoms with van der Waals surface area (Å²) in [5, 5.41) is 0. The van der Waals surface area contributed by atoms with Crippen LogP contribution in [0.4, 0.5) is 0 Å². The lowest BCUT2D eigenvalue weighted by Crippen LogP contribution is -2.32. The van der Waals surface area contributed by atoms with Crippen LogP contribution < -0.4 is 0 Å². The maximum atomic E-state index is 4.44. The second kappa shape index (κ2) is 7.58. The number of rotatable bonds is 4. The van der Waals surface area contributed by atoms with Gasteiger partial charge in [-0.15, -0.1) is 0 Å². The average Bonchev–Trinajstić information content (AvgIpc) is 2.70. The van der Waals surface area contributed by atoms with Crippen LogP contribution in [0.15, 0.2) is 73.1 Å². The number of hydrogen-bond donors (Lipinski definition) is 0. The van der Waals surface area contributed by atoms with E-state index < -0.39 is 0 Å². The smallest absolute Gasteiger partial charge is 0.0701 e. The molecule has 0 saturated carbocycles. The van der Waals surface area contributed by atoms with E-state index in [0.717, 1.165) is 25.3 Å². The zero-order chi connectivity index (χ0) is 16.9. The van der Waals surface area contributed by atoms with Crippen LogP contribution in [-0.4, -0.2) is 28.0 Å². The van der Waals surface area contributed by atoms with Crippen LogP contribution in [-0.2, 0) is 6.54 Å². The first-order chi connectivity index (χ1) is 12.4. The Morgan fingerprint density at radius 3 is 2.16 bits per heavy atom. The van der Waals surface area contributed by atoms with Crippen molar-refractivity contribution in [3.63, 3.8) is 0 Å². The Hall–Kier alpha value is -2.52. The van der Waals surface area contributed by atoms with E-state index >= 15 is 0 Å². The lowest BCUT2D eigenvalue weighted by Gasteiger charge is -2.32. The number of nitrogens with zero attached hydrogens (tertiary/aromatic N) is 3. The first-order valence-electron chi connectivity index (χ1n) is 9.02. The van der Waals surface area contributed by atoms with Crippen LogP contribution in [0, 0.1) is 0 Å². The lowest BCUT2D eigenvalue weighted by molar-refractivity contribution is 0.202. The molecule has 3 heteroatoms. The molecule has 0 N–H and O–H groups in total. The molecule has 0 aliphatic carbocycles. The molecule has 0 amide bonds. The minimum Gasteiger partial charge on any atom is -0.297 e. The summed E-state index contributed by atoms with van der Waals surface area (Å²) >= 11 is 0. The standard InChI is InChI=1S/C22H23N3/c1-3-13-23-21(5-1)17-25-15-11-19(12-16-25)18-7-9-20(10-8-18)22-6-2-4-14-24-22/h1-10,13-14,19H,11-12,15-17H2. The third kappa shape index (κ3) is 3.94. The highest BCUT2D eigenvalue weighted by Gasteiger charge is 2.20. The first-order valence-corrected chi connectivity index (χ1v) is 9.02. The molecular formula is C22H23N3. The van der Waals surface area contributed by atoms with Crippen molar-refractivity contribution in [1.82, 2.24) is 14.9 Å². The molecule has 0 bridgehead atoms. The predicted molar refractivity (Wildman–Crippen MR) is 101 cm³/mol. The van der Waals surface area contributed by atoms with Gasteiger partial charge in [0.2, 0.25) is 0 Å². The first kappa shape index (κ1) is 16.0. The van der Waals surface area contributed by atoms with Crippen molar-refractivity contribution in [2.75, 3.05) is 13.1 Å². The Morgan fingerprint density at radius 1 is 0.800 bits per heavy atom. The van der Waals surface area contributed by atoms with E-state index in [1.54, 1.807) is 0 Å². The van der Waals surface area contributed by atoms with Crippen LogP contribution in [0.1, 0.15) is 30.0 Å². The predicted octanol–water partition coefficient (Wildman–Crippen LogP) is 4.52. The van der Waals surface area contributed by atoms with Gasteiger partial charge < -0.3 is 0 Å². The fraction of sp³-hybridized carbons (Fsp3) is 0.273. The van der Waals surface area contributed by atoms with Crippen molar-refractivity contribution >= 4 is 0 Å². The van der Waals surface area contributed by atoms with Gasteiger partial charge in [0.25, 0.3) is 0 Å². The summed E-state index contributed by atoms with van der Waals surface area (Å²) in [6, 6.07) is 21.2. The number of aromatic nitrogens is 2. The van der Waals surface area contributed by atoms with Crippen molar-refractivity contribution < 1.29 is 0 Å². The van der Waals surface area contributed by atoms with Crippen molar-refractivity contribution in [3.05, 3.63) is 84.3 Å². The molecular weight excluding hydrogens is 306 g/mol. The Balaban J connectivity index is 1.36. The molecule has 1 saturated heterocycles. The Bertz CT molecular complexity index is 777. The Kier molecular flexibility index (Phi) is 4.84. The molecule has 4 rings (SSSR count). The third-order valence-electron chi connectivity index (χ3n) is 5.04. The minimum atomic E-state index is 0.665. The molecule has 2 aromatic heterocycles. The van der Waals surface area contributed by atoms with Gasteiger partial charge in [-0.05, 0) is 61.7 Å². The van der Waals surface area contributed by atoms with Gasteiger partial charge in [0, 0.05) is 24.5 Å². The second-order valence-electron chi connectivity index (χ2n) is 6.71. The summed E-state index contributed by atoms with van der Waals surface area (Å²) in [5.74, 6) is 0.665. The van der Waals surface area contributed by atoms with Gasteiger partial charge in [-0.1, -0.05) is 36.4 Å². The Labute approximate surface area is 149 Å². The summed E-state index contributed by atoms with van der Waals surface area (Å²) in [7, 11) is 0. The lowest BCUT2D eigenvalue weighted by atomic mass is 9.88. The van der Waals surface area contributed by atoms with E-state index in [-0.39, 0.29) is 0 Å². The van der Waals surface area contributed by atoms with Gasteiger partial charge in [0.1, 0.15) is 0 Å². The zero-order valence-electron chi connectivity index (χ0n) is 14.4. The quantitative estimate of drug-likeness (QED) is 0.704. The molecule has 1 aliphatic rings. The maximum absolute atomic E-state index is 4.44. The summed E-state index contributed by atoms with van der Waals surface area (Å²) in [5.41, 5.74) is 4.86.